The first-order valence-corrected chi connectivity index (χ1v) is 23.4. The average molecular weight is 882 g/mol. The molecule has 3 aliphatic heterocycles. The third-order valence-electron chi connectivity index (χ3n) is 11.6. The van der Waals surface area contributed by atoms with Gasteiger partial charge in [0.15, 0.2) is 0 Å². The Bertz CT molecular complexity index is 2390. The maximum atomic E-state index is 13.0. The van der Waals surface area contributed by atoms with Crippen LogP contribution in [0.5, 0.6) is 5.75 Å². The van der Waals surface area contributed by atoms with Crippen LogP contribution in [0.2, 0.25) is 0 Å². The van der Waals surface area contributed by atoms with Crippen molar-refractivity contribution in [1.29, 1.82) is 0 Å². The summed E-state index contributed by atoms with van der Waals surface area (Å²) in [5, 5.41) is 14.5. The lowest BCUT2D eigenvalue weighted by Gasteiger charge is -2.44. The highest BCUT2D eigenvalue weighted by molar-refractivity contribution is 9.10. The number of methoxy groups -OCH3 is 1. The zero-order valence-electron chi connectivity index (χ0n) is 33.8. The smallest absolute Gasteiger partial charge is 0.234 e. The van der Waals surface area contributed by atoms with Gasteiger partial charge in [0.25, 0.3) is 0 Å². The van der Waals surface area contributed by atoms with Crippen LogP contribution in [0.15, 0.2) is 83.7 Å². The molecule has 0 spiro atoms. The molecule has 59 heavy (non-hydrogen) atoms. The minimum Gasteiger partial charge on any atom is -0.494 e. The number of hydrogen-bond acceptors (Lipinski definition) is 12. The molecule has 3 N–H and O–H groups in total. The van der Waals surface area contributed by atoms with Crippen molar-refractivity contribution in [2.75, 3.05) is 80.1 Å². The number of aryl methyl sites for hydroxylation is 1. The van der Waals surface area contributed by atoms with Crippen LogP contribution in [0.1, 0.15) is 37.2 Å². The summed E-state index contributed by atoms with van der Waals surface area (Å²) in [6.45, 7) is 9.21. The third-order valence-corrected chi connectivity index (χ3v) is 13.7. The number of piperidine rings is 2. The number of piperazine rings is 1. The van der Waals surface area contributed by atoms with Crippen molar-refractivity contribution in [3.05, 3.63) is 89.3 Å². The number of benzene rings is 3. The SMILES string of the molecule is COc1cc(N2CCC(N3CCN(c4ccc(C5CCC(=O)NC5=O)cc4)CC3)CC2)c(-c2cnn(C)c2)cc1Nc1ncc(Br)c(Nc2ccccc2P(C)(C)=O)n1. The highest BCUT2D eigenvalue weighted by Gasteiger charge is 2.31. The summed E-state index contributed by atoms with van der Waals surface area (Å²) < 4.78 is 21.5. The molecule has 5 heterocycles. The predicted molar refractivity (Wildman–Crippen MR) is 238 cm³/mol. The number of anilines is 6. The number of nitrogens with zero attached hydrogens (tertiary/aromatic N) is 7. The quantitative estimate of drug-likeness (QED) is 0.0959. The molecule has 3 saturated heterocycles. The van der Waals surface area contributed by atoms with Gasteiger partial charge in [0.1, 0.15) is 18.7 Å². The van der Waals surface area contributed by atoms with Gasteiger partial charge in [-0.05, 0) is 84.4 Å². The number of imide groups is 1. The summed E-state index contributed by atoms with van der Waals surface area (Å²) >= 11 is 3.59. The van der Waals surface area contributed by atoms with Crippen LogP contribution in [0.25, 0.3) is 11.1 Å². The molecule has 0 bridgehead atoms. The van der Waals surface area contributed by atoms with Crippen LogP contribution < -0.4 is 35.8 Å². The molecule has 2 amide bonds. The first kappa shape index (κ1) is 40.5. The number of halogens is 1. The summed E-state index contributed by atoms with van der Waals surface area (Å²) in [4.78, 5) is 40.9. The molecule has 0 radical (unpaired) electrons. The molecule has 14 nitrogen and oxygen atoms in total. The van der Waals surface area contributed by atoms with Crippen LogP contribution in [-0.4, -0.2) is 102 Å². The second-order valence-corrected chi connectivity index (χ2v) is 19.9. The number of hydrogen-bond donors (Lipinski definition) is 3. The summed E-state index contributed by atoms with van der Waals surface area (Å²) in [5.41, 5.74) is 6.69. The van der Waals surface area contributed by atoms with E-state index >= 15 is 0 Å². The van der Waals surface area contributed by atoms with Gasteiger partial charge >= 0.3 is 0 Å². The normalized spacial score (nSPS) is 18.2. The van der Waals surface area contributed by atoms with Gasteiger partial charge in [0, 0.05) is 105 Å². The highest BCUT2D eigenvalue weighted by atomic mass is 79.9. The van der Waals surface area contributed by atoms with E-state index in [1.807, 2.05) is 60.5 Å². The molecule has 1 atom stereocenters. The van der Waals surface area contributed by atoms with Crippen LogP contribution in [0.4, 0.5) is 34.5 Å². The van der Waals surface area contributed by atoms with Crippen molar-refractivity contribution < 1.29 is 18.9 Å². The average Bonchev–Trinajstić information content (AvgIpc) is 3.68. The van der Waals surface area contributed by atoms with E-state index in [2.05, 4.69) is 80.9 Å². The largest absolute Gasteiger partial charge is 0.494 e. The van der Waals surface area contributed by atoms with E-state index in [4.69, 9.17) is 9.72 Å². The van der Waals surface area contributed by atoms with Gasteiger partial charge in [0.05, 0.1) is 35.1 Å². The predicted octanol–water partition coefficient (Wildman–Crippen LogP) is 6.69. The summed E-state index contributed by atoms with van der Waals surface area (Å²) in [7, 11) is 1.05. The van der Waals surface area contributed by atoms with Crippen LogP contribution in [0.3, 0.4) is 0 Å². The second kappa shape index (κ2) is 17.2. The Labute approximate surface area is 353 Å². The van der Waals surface area contributed by atoms with E-state index in [1.54, 1.807) is 26.6 Å². The fourth-order valence-electron chi connectivity index (χ4n) is 8.45. The van der Waals surface area contributed by atoms with Gasteiger partial charge in [-0.3, -0.25) is 24.5 Å². The van der Waals surface area contributed by atoms with Crippen molar-refractivity contribution in [3.8, 4) is 16.9 Å². The van der Waals surface area contributed by atoms with E-state index in [1.165, 1.54) is 5.69 Å². The number of nitrogens with one attached hydrogen (secondary N) is 3. The van der Waals surface area contributed by atoms with Crippen LogP contribution in [0, 0.1) is 0 Å². The first-order chi connectivity index (χ1) is 28.4. The summed E-state index contributed by atoms with van der Waals surface area (Å²) in [5.74, 6) is 0.928. The fourth-order valence-corrected chi connectivity index (χ4v) is 9.89. The van der Waals surface area contributed by atoms with Crippen LogP contribution in [-0.2, 0) is 21.2 Å². The molecule has 308 valence electrons. The number of para-hydroxylation sites is 1. The van der Waals surface area contributed by atoms with Gasteiger partial charge < -0.3 is 29.7 Å². The van der Waals surface area contributed by atoms with Crippen molar-refractivity contribution in [2.45, 2.75) is 37.6 Å². The van der Waals surface area contributed by atoms with E-state index < -0.39 is 7.14 Å². The molecule has 3 aromatic carbocycles. The molecule has 0 saturated carbocycles. The molecule has 1 unspecified atom stereocenters. The van der Waals surface area contributed by atoms with Gasteiger partial charge in [-0.15, -0.1) is 0 Å². The molecule has 5 aromatic rings. The Balaban J connectivity index is 0.945. The Morgan fingerprint density at radius 3 is 2.31 bits per heavy atom. The molecule has 0 aliphatic carbocycles. The molecule has 3 fully saturated rings. The Morgan fingerprint density at radius 1 is 0.881 bits per heavy atom. The number of amides is 2. The number of ether oxygens (including phenoxy) is 1. The van der Waals surface area contributed by atoms with Crippen molar-refractivity contribution >= 4 is 74.7 Å². The lowest BCUT2D eigenvalue weighted by atomic mass is 9.90. The fraction of sp³-hybridized carbons (Fsp3) is 0.372. The number of aromatic nitrogens is 4. The Kier molecular flexibility index (Phi) is 11.8. The van der Waals surface area contributed by atoms with Crippen LogP contribution >= 0.6 is 23.1 Å². The molecule has 16 heteroatoms. The van der Waals surface area contributed by atoms with E-state index in [-0.39, 0.29) is 17.7 Å². The minimum atomic E-state index is -2.55. The maximum absolute atomic E-state index is 13.0. The van der Waals surface area contributed by atoms with Crippen molar-refractivity contribution in [3.63, 3.8) is 0 Å². The lowest BCUT2D eigenvalue weighted by molar-refractivity contribution is -0.134. The number of rotatable bonds is 11. The molecular weight excluding hydrogens is 831 g/mol. The molecule has 3 aliphatic rings. The zero-order valence-corrected chi connectivity index (χ0v) is 36.3. The number of carbonyl (C=O) groups is 2. The minimum absolute atomic E-state index is 0.188. The van der Waals surface area contributed by atoms with Gasteiger partial charge in [-0.2, -0.15) is 10.1 Å². The standard InChI is InChI=1S/C43H50BrN10O4P/c1-51-27-29(25-46-51)33-23-36(48-43-45-26-34(44)41(50-43)47-35-7-5-6-8-39(35)59(3,4)57)38(58-2)24-37(33)54-17-15-31(16-18-54)53-21-19-52(20-22-53)30-11-9-28(10-12-30)32-13-14-40(55)49-42(32)56/h5-12,23-27,31-32H,13-22H2,1-4H3,(H,49,55,56)(H2,45,47,48,50). The molecule has 2 aromatic heterocycles. The van der Waals surface area contributed by atoms with E-state index in [9.17, 15) is 14.2 Å². The second-order valence-electron chi connectivity index (χ2n) is 15.8. The first-order valence-electron chi connectivity index (χ1n) is 20.0. The third kappa shape index (κ3) is 9.02. The lowest BCUT2D eigenvalue weighted by Crippen LogP contribution is -2.53. The Morgan fingerprint density at radius 2 is 1.63 bits per heavy atom. The number of carbonyl (C=O) groups excluding carboxylic acids is 2. The van der Waals surface area contributed by atoms with Gasteiger partial charge in [-0.25, -0.2) is 4.98 Å². The zero-order chi connectivity index (χ0) is 41.3. The van der Waals surface area contributed by atoms with Gasteiger partial charge in [-0.1, -0.05) is 24.3 Å². The molecule has 8 rings (SSSR count). The topological polar surface area (TPSA) is 150 Å². The summed E-state index contributed by atoms with van der Waals surface area (Å²) in [6.07, 6.45) is 8.64. The van der Waals surface area contributed by atoms with Crippen molar-refractivity contribution in [1.82, 2.24) is 30.0 Å². The maximum Gasteiger partial charge on any atom is 0.234 e. The van der Waals surface area contributed by atoms with E-state index in [0.717, 1.165) is 85.5 Å². The van der Waals surface area contributed by atoms with E-state index in [0.29, 0.717) is 46.6 Å². The molecular formula is C43H50BrN10O4P. The Hall–Kier alpha value is -5.24. The van der Waals surface area contributed by atoms with Crippen molar-refractivity contribution in [2.24, 2.45) is 7.05 Å². The summed E-state index contributed by atoms with van der Waals surface area (Å²) in [6, 6.07) is 20.6. The van der Waals surface area contributed by atoms with Gasteiger partial charge in [0.2, 0.25) is 17.8 Å². The highest BCUT2D eigenvalue weighted by Crippen LogP contribution is 2.42. The monoisotopic (exact) mass is 880 g/mol.